The van der Waals surface area contributed by atoms with Crippen molar-refractivity contribution in [3.8, 4) is 16.9 Å². The third kappa shape index (κ3) is 6.02. The molecule has 0 bridgehead atoms. The highest BCUT2D eigenvalue weighted by molar-refractivity contribution is 9.10. The molecule has 1 aromatic heterocycles. The third-order valence-corrected chi connectivity index (χ3v) is 7.02. The number of hydrazone groups is 1. The summed E-state index contributed by atoms with van der Waals surface area (Å²) in [5.74, 6) is -0.904. The van der Waals surface area contributed by atoms with Crippen LogP contribution in [-0.2, 0) is 0 Å². The summed E-state index contributed by atoms with van der Waals surface area (Å²) in [6.07, 6.45) is 1.39. The first kappa shape index (κ1) is 27.0. The number of esters is 1. The van der Waals surface area contributed by atoms with E-state index in [1.807, 2.05) is 42.5 Å². The molecule has 0 aliphatic carbocycles. The number of H-pyrrole nitrogens is 1. The van der Waals surface area contributed by atoms with E-state index in [-0.39, 0.29) is 16.3 Å². The fourth-order valence-corrected chi connectivity index (χ4v) is 5.02. The highest BCUT2D eigenvalue weighted by atomic mass is 79.9. The van der Waals surface area contributed by atoms with Crippen molar-refractivity contribution in [3.63, 3.8) is 0 Å². The van der Waals surface area contributed by atoms with Crippen LogP contribution in [0.25, 0.3) is 22.0 Å². The number of amides is 1. The first-order valence-corrected chi connectivity index (χ1v) is 13.4. The number of nitrogens with zero attached hydrogens (tertiary/aromatic N) is 1. The molecule has 39 heavy (non-hydrogen) atoms. The molecule has 0 saturated carbocycles. The number of aromatic amines is 1. The Balaban J connectivity index is 1.41. The third-order valence-electron chi connectivity index (χ3n) is 5.75. The van der Waals surface area contributed by atoms with Crippen LogP contribution < -0.4 is 10.2 Å². The molecule has 1 amide bonds. The van der Waals surface area contributed by atoms with E-state index in [2.05, 4.69) is 31.4 Å². The lowest BCUT2D eigenvalue weighted by atomic mass is 10.0. The SMILES string of the molecule is O=C(Oc1ccc(Br)cc1C=NNC(=O)c1[nH]c2ccc(Cl)cc2c1-c1ccccc1)c1ccc(Cl)cc1Cl. The fourth-order valence-electron chi connectivity index (χ4n) is 3.98. The summed E-state index contributed by atoms with van der Waals surface area (Å²) in [4.78, 5) is 29.2. The molecule has 0 radical (unpaired) electrons. The molecule has 0 fully saturated rings. The van der Waals surface area contributed by atoms with Crippen LogP contribution in [0.4, 0.5) is 0 Å². The van der Waals surface area contributed by atoms with Crippen LogP contribution in [0.3, 0.4) is 0 Å². The lowest BCUT2D eigenvalue weighted by Crippen LogP contribution is -2.19. The predicted molar refractivity (Wildman–Crippen MR) is 159 cm³/mol. The summed E-state index contributed by atoms with van der Waals surface area (Å²) >= 11 is 21.7. The standard InChI is InChI=1S/C29H17BrCl3N3O3/c30-18-6-11-25(39-29(38)21-9-7-20(32)14-23(21)33)17(12-18)15-34-36-28(37)27-26(16-4-2-1-3-5-16)22-13-19(31)8-10-24(22)35-27/h1-15,35H,(H,36,37). The highest BCUT2D eigenvalue weighted by Gasteiger charge is 2.20. The molecule has 0 aliphatic rings. The van der Waals surface area contributed by atoms with Crippen LogP contribution in [0.2, 0.25) is 15.1 Å². The van der Waals surface area contributed by atoms with E-state index in [0.717, 1.165) is 20.9 Å². The zero-order valence-corrected chi connectivity index (χ0v) is 23.7. The second-order valence-corrected chi connectivity index (χ2v) is 10.5. The molecular formula is C29H17BrCl3N3O3. The van der Waals surface area contributed by atoms with Crippen LogP contribution in [0.5, 0.6) is 5.75 Å². The summed E-state index contributed by atoms with van der Waals surface area (Å²) in [5.41, 5.74) is 5.80. The summed E-state index contributed by atoms with van der Waals surface area (Å²) in [6, 6.07) is 24.4. The van der Waals surface area contributed by atoms with Gasteiger partial charge < -0.3 is 9.72 Å². The maximum absolute atomic E-state index is 13.3. The van der Waals surface area contributed by atoms with Gasteiger partial charge in [0.25, 0.3) is 5.91 Å². The van der Waals surface area contributed by atoms with Gasteiger partial charge in [0, 0.05) is 36.5 Å². The molecular weight excluding hydrogens is 625 g/mol. The molecule has 0 unspecified atom stereocenters. The largest absolute Gasteiger partial charge is 0.422 e. The minimum absolute atomic E-state index is 0.160. The molecule has 0 aliphatic heterocycles. The molecule has 10 heteroatoms. The maximum Gasteiger partial charge on any atom is 0.345 e. The summed E-state index contributed by atoms with van der Waals surface area (Å²) in [7, 11) is 0. The van der Waals surface area contributed by atoms with Gasteiger partial charge >= 0.3 is 5.97 Å². The Morgan fingerprint density at radius 3 is 2.41 bits per heavy atom. The Morgan fingerprint density at radius 2 is 1.64 bits per heavy atom. The number of ether oxygens (including phenoxy) is 1. The minimum Gasteiger partial charge on any atom is -0.422 e. The van der Waals surface area contributed by atoms with Crippen molar-refractivity contribution in [1.29, 1.82) is 0 Å². The molecule has 2 N–H and O–H groups in total. The number of aromatic nitrogens is 1. The van der Waals surface area contributed by atoms with E-state index in [1.165, 1.54) is 18.3 Å². The van der Waals surface area contributed by atoms with Gasteiger partial charge in [0.1, 0.15) is 11.4 Å². The normalized spacial score (nSPS) is 11.2. The van der Waals surface area contributed by atoms with E-state index in [4.69, 9.17) is 39.5 Å². The zero-order valence-electron chi connectivity index (χ0n) is 19.8. The van der Waals surface area contributed by atoms with Gasteiger partial charge in [0.15, 0.2) is 0 Å². The average Bonchev–Trinajstić information content (AvgIpc) is 3.29. The van der Waals surface area contributed by atoms with Crippen molar-refractivity contribution in [2.45, 2.75) is 0 Å². The van der Waals surface area contributed by atoms with Gasteiger partial charge in [-0.2, -0.15) is 5.10 Å². The molecule has 1 heterocycles. The second-order valence-electron chi connectivity index (χ2n) is 8.33. The van der Waals surface area contributed by atoms with Crippen LogP contribution in [0, 0.1) is 0 Å². The van der Waals surface area contributed by atoms with Crippen molar-refractivity contribution in [1.82, 2.24) is 10.4 Å². The molecule has 194 valence electrons. The van der Waals surface area contributed by atoms with Crippen LogP contribution >= 0.6 is 50.7 Å². The van der Waals surface area contributed by atoms with E-state index < -0.39 is 11.9 Å². The fraction of sp³-hybridized carbons (Fsp3) is 0. The van der Waals surface area contributed by atoms with Gasteiger partial charge in [0.05, 0.1) is 16.8 Å². The van der Waals surface area contributed by atoms with Crippen molar-refractivity contribution < 1.29 is 14.3 Å². The maximum atomic E-state index is 13.3. The van der Waals surface area contributed by atoms with Gasteiger partial charge in [-0.15, -0.1) is 0 Å². The van der Waals surface area contributed by atoms with Crippen molar-refractivity contribution in [2.24, 2.45) is 5.10 Å². The topological polar surface area (TPSA) is 83.5 Å². The molecule has 0 atom stereocenters. The van der Waals surface area contributed by atoms with Crippen molar-refractivity contribution in [2.75, 3.05) is 0 Å². The Kier molecular flexibility index (Phi) is 8.04. The zero-order chi connectivity index (χ0) is 27.5. The van der Waals surface area contributed by atoms with Gasteiger partial charge in [-0.05, 0) is 60.2 Å². The molecule has 6 nitrogen and oxygen atoms in total. The van der Waals surface area contributed by atoms with Crippen molar-refractivity contribution in [3.05, 3.63) is 121 Å². The minimum atomic E-state index is -0.665. The van der Waals surface area contributed by atoms with Crippen LogP contribution in [0.15, 0.2) is 94.5 Å². The first-order valence-electron chi connectivity index (χ1n) is 11.5. The molecule has 5 aromatic rings. The van der Waals surface area contributed by atoms with E-state index in [1.54, 1.807) is 30.3 Å². The van der Waals surface area contributed by atoms with Gasteiger partial charge in [-0.1, -0.05) is 81.1 Å². The van der Waals surface area contributed by atoms with Gasteiger partial charge in [-0.25, -0.2) is 10.2 Å². The Morgan fingerprint density at radius 1 is 0.897 bits per heavy atom. The number of nitrogens with one attached hydrogen (secondary N) is 2. The number of hydrogen-bond donors (Lipinski definition) is 2. The van der Waals surface area contributed by atoms with Crippen molar-refractivity contribution >= 4 is 79.7 Å². The number of fused-ring (bicyclic) bond motifs is 1. The number of hydrogen-bond acceptors (Lipinski definition) is 4. The molecule has 0 saturated heterocycles. The lowest BCUT2D eigenvalue weighted by molar-refractivity contribution is 0.0734. The number of carbonyl (C=O) groups excluding carboxylic acids is 2. The average molecular weight is 642 g/mol. The monoisotopic (exact) mass is 639 g/mol. The Labute approximate surface area is 246 Å². The molecule has 4 aromatic carbocycles. The molecule has 5 rings (SSSR count). The quantitative estimate of drug-likeness (QED) is 0.0844. The summed E-state index contributed by atoms with van der Waals surface area (Å²) < 4.78 is 6.29. The Hall–Kier alpha value is -3.62. The molecule has 0 spiro atoms. The van der Waals surface area contributed by atoms with Crippen LogP contribution in [-0.4, -0.2) is 23.1 Å². The van der Waals surface area contributed by atoms with Gasteiger partial charge in [-0.3, -0.25) is 4.79 Å². The Bertz CT molecular complexity index is 1750. The van der Waals surface area contributed by atoms with Gasteiger partial charge in [0.2, 0.25) is 0 Å². The first-order chi connectivity index (χ1) is 18.8. The van der Waals surface area contributed by atoms with Crippen LogP contribution in [0.1, 0.15) is 26.4 Å². The highest BCUT2D eigenvalue weighted by Crippen LogP contribution is 2.34. The smallest absolute Gasteiger partial charge is 0.345 e. The van der Waals surface area contributed by atoms with E-state index in [9.17, 15) is 9.59 Å². The summed E-state index contributed by atoms with van der Waals surface area (Å²) in [6.45, 7) is 0. The number of rotatable bonds is 6. The predicted octanol–water partition coefficient (Wildman–Crippen LogP) is 8.54. The second kappa shape index (κ2) is 11.6. The number of benzene rings is 4. The number of carbonyl (C=O) groups is 2. The number of halogens is 4. The van der Waals surface area contributed by atoms with E-state index >= 15 is 0 Å². The lowest BCUT2D eigenvalue weighted by Gasteiger charge is -2.09. The van der Waals surface area contributed by atoms with E-state index in [0.29, 0.717) is 26.9 Å². The summed E-state index contributed by atoms with van der Waals surface area (Å²) in [5, 5.41) is 6.06.